The van der Waals surface area contributed by atoms with E-state index in [1.807, 2.05) is 41.2 Å². The average molecular weight is 933 g/mol. The van der Waals surface area contributed by atoms with Crippen molar-refractivity contribution in [3.05, 3.63) is 149 Å². The second-order valence-corrected chi connectivity index (χ2v) is 19.6. The molecular formula is C57H64N4O8. The van der Waals surface area contributed by atoms with Gasteiger partial charge in [-0.05, 0) is 114 Å². The number of aromatic hydroxyl groups is 3. The van der Waals surface area contributed by atoms with E-state index >= 15 is 0 Å². The second kappa shape index (κ2) is 20.3. The monoisotopic (exact) mass is 932 g/mol. The number of carbonyl (C=O) groups excluding carboxylic acids is 3. The van der Waals surface area contributed by atoms with Crippen LogP contribution in [0.15, 0.2) is 127 Å². The van der Waals surface area contributed by atoms with Crippen LogP contribution in [0.25, 0.3) is 10.8 Å². The molecule has 5 atom stereocenters. The number of fused-ring (bicyclic) bond motifs is 3. The average Bonchev–Trinajstić information content (AvgIpc) is 4.13. The Morgan fingerprint density at radius 2 is 1.72 bits per heavy atom. The molecule has 0 saturated heterocycles. The number of phenols is 3. The van der Waals surface area contributed by atoms with Gasteiger partial charge in [-0.2, -0.15) is 0 Å². The number of Topliss-reactive ketones (excluding diaryl/α,β-unsaturated/α-hetero) is 2. The van der Waals surface area contributed by atoms with Gasteiger partial charge in [0.25, 0.3) is 0 Å². The minimum absolute atomic E-state index is 0.0186. The summed E-state index contributed by atoms with van der Waals surface area (Å²) < 4.78 is 13.4. The molecule has 9 rings (SSSR count). The lowest BCUT2D eigenvalue weighted by atomic mass is 9.66. The molecule has 360 valence electrons. The molecule has 0 unspecified atom stereocenters. The first kappa shape index (κ1) is 47.1. The molecule has 4 heterocycles. The molecular weight excluding hydrogens is 869 g/mol. The van der Waals surface area contributed by atoms with Crippen molar-refractivity contribution in [2.45, 2.75) is 103 Å². The first-order valence-corrected chi connectivity index (χ1v) is 24.5. The van der Waals surface area contributed by atoms with E-state index in [0.29, 0.717) is 50.8 Å². The van der Waals surface area contributed by atoms with Crippen molar-refractivity contribution in [2.24, 2.45) is 17.3 Å². The van der Waals surface area contributed by atoms with Crippen molar-refractivity contribution in [1.29, 1.82) is 0 Å². The van der Waals surface area contributed by atoms with Gasteiger partial charge in [-0.3, -0.25) is 14.4 Å². The van der Waals surface area contributed by atoms with Crippen LogP contribution in [0.1, 0.15) is 106 Å². The first-order valence-electron chi connectivity index (χ1n) is 24.5. The fourth-order valence-electron chi connectivity index (χ4n) is 11.3. The summed E-state index contributed by atoms with van der Waals surface area (Å²) in [6.45, 7) is 4.56. The number of aromatic nitrogens is 2. The van der Waals surface area contributed by atoms with E-state index in [9.17, 15) is 29.7 Å². The zero-order valence-corrected chi connectivity index (χ0v) is 39.8. The highest BCUT2D eigenvalue weighted by Crippen LogP contribution is 2.45. The second-order valence-electron chi connectivity index (χ2n) is 19.6. The van der Waals surface area contributed by atoms with Crippen LogP contribution in [-0.2, 0) is 32.0 Å². The van der Waals surface area contributed by atoms with Gasteiger partial charge in [-0.1, -0.05) is 74.4 Å². The minimum Gasteiger partial charge on any atom is -0.508 e. The first-order chi connectivity index (χ1) is 33.4. The van der Waals surface area contributed by atoms with E-state index < -0.39 is 23.9 Å². The predicted molar refractivity (Wildman–Crippen MR) is 267 cm³/mol. The molecule has 5 aromatic rings. The van der Waals surface area contributed by atoms with Crippen molar-refractivity contribution in [2.75, 3.05) is 25.1 Å². The summed E-state index contributed by atoms with van der Waals surface area (Å²) in [6, 6.07) is 16.0. The fourth-order valence-corrected chi connectivity index (χ4v) is 11.3. The Kier molecular flexibility index (Phi) is 13.9. The zero-order chi connectivity index (χ0) is 48.2. The fraction of sp³-hybridized carbons (Fsp3) is 0.386. The van der Waals surface area contributed by atoms with E-state index in [0.717, 1.165) is 70.2 Å². The van der Waals surface area contributed by atoms with Crippen LogP contribution in [0.5, 0.6) is 23.0 Å². The highest BCUT2D eigenvalue weighted by atomic mass is 16.5. The number of anilines is 1. The van der Waals surface area contributed by atoms with E-state index in [-0.39, 0.29) is 64.8 Å². The van der Waals surface area contributed by atoms with E-state index in [1.165, 1.54) is 20.1 Å². The normalized spacial score (nSPS) is 23.5. The van der Waals surface area contributed by atoms with Crippen molar-refractivity contribution in [1.82, 2.24) is 14.9 Å². The number of benzene rings is 3. The number of methoxy groups -OCH3 is 1. The van der Waals surface area contributed by atoms with Crippen molar-refractivity contribution < 1.29 is 39.2 Å². The summed E-state index contributed by atoms with van der Waals surface area (Å²) in [5.41, 5.74) is 5.42. The predicted octanol–water partition coefficient (Wildman–Crippen LogP) is 10.4. The summed E-state index contributed by atoms with van der Waals surface area (Å²) in [6.07, 6.45) is 27.3. The maximum atomic E-state index is 14.6. The Balaban J connectivity index is 1.21. The van der Waals surface area contributed by atoms with Gasteiger partial charge in [0.15, 0.2) is 11.5 Å². The third-order valence-electron chi connectivity index (χ3n) is 15.2. The van der Waals surface area contributed by atoms with Crippen LogP contribution in [0, 0.1) is 17.3 Å². The molecule has 4 aliphatic rings. The topological polar surface area (TPSA) is 166 Å². The van der Waals surface area contributed by atoms with E-state index in [1.54, 1.807) is 12.1 Å². The Labute approximate surface area is 404 Å². The quantitative estimate of drug-likeness (QED) is 0.0747. The molecule has 4 bridgehead atoms. The maximum absolute atomic E-state index is 14.6. The number of H-pyrrole nitrogens is 1. The third-order valence-corrected chi connectivity index (χ3v) is 15.2. The number of phenolic OH excluding ortho intramolecular Hbond substituents is 3. The summed E-state index contributed by atoms with van der Waals surface area (Å²) in [4.78, 5) is 46.9. The summed E-state index contributed by atoms with van der Waals surface area (Å²) in [7, 11) is 1.41. The number of rotatable bonds is 8. The van der Waals surface area contributed by atoms with E-state index in [4.69, 9.17) is 9.47 Å². The molecule has 1 fully saturated rings. The standard InChI is InChI=1S/C57H64N4O8/c1-36-10-6-7-20-57(36)21-17-47(69-37(2)62)29-46(64)30-51(42-26-53(66)56(67)54(27-42)68-3)60-34-41-14-9-16-50(49(41)35-60)61(23-19-52(65)38-11-4-5-12-38)55-28-40(18-22-59-55)48(39-13-8-15-45(63)24-39)25-43-32-58-33-44(43)31-57/h6-10,13-16,18,20,24,26-28,32-36,38,47-48,51,58-59,63,66-67H,4-5,11-12,17,19,21-23,25,29-31H2,1-3H3/t36-,47+,48-,51-,57-/m0/s1. The molecule has 69 heavy (non-hydrogen) atoms. The lowest BCUT2D eigenvalue weighted by molar-refractivity contribution is -0.148. The number of nitrogens with one attached hydrogen (secondary N) is 2. The zero-order valence-electron chi connectivity index (χ0n) is 39.8. The van der Waals surface area contributed by atoms with Crippen LogP contribution in [0.4, 0.5) is 5.69 Å². The molecule has 1 saturated carbocycles. The van der Waals surface area contributed by atoms with Gasteiger partial charge in [0, 0.05) is 86.7 Å². The molecule has 12 heteroatoms. The van der Waals surface area contributed by atoms with Gasteiger partial charge in [-0.25, -0.2) is 0 Å². The highest BCUT2D eigenvalue weighted by molar-refractivity contribution is 5.95. The molecule has 1 spiro atoms. The number of hydrogen-bond donors (Lipinski definition) is 5. The molecule has 2 aliphatic heterocycles. The van der Waals surface area contributed by atoms with Gasteiger partial charge in [0.1, 0.15) is 29.2 Å². The lowest BCUT2D eigenvalue weighted by Gasteiger charge is -2.38. The molecule has 0 radical (unpaired) electrons. The Morgan fingerprint density at radius 1 is 0.913 bits per heavy atom. The number of ketones is 2. The molecule has 3 aromatic carbocycles. The van der Waals surface area contributed by atoms with Crippen LogP contribution in [-0.4, -0.2) is 68.7 Å². The number of ether oxygens (including phenoxy) is 2. The number of esters is 1. The number of nitrogens with zero attached hydrogens (tertiary/aromatic N) is 2. The van der Waals surface area contributed by atoms with Crippen LogP contribution < -0.4 is 15.0 Å². The number of allylic oxidation sites excluding steroid dienone is 6. The Hall–Kier alpha value is -6.95. The SMILES string of the molecule is COc1cc([C@@H]2CC(=O)C[C@H](OC(C)=O)CC[C@@]3(C=CC=C[C@@H]3C)Cc3c[nH]cc3C[C@@H](c3cccc(O)c3)C3=CCNC(=C3)N(CCC(=O)C3CCCC3)c3cccc4cn2cc34)cc(O)c1O. The Morgan fingerprint density at radius 3 is 2.51 bits per heavy atom. The van der Waals surface area contributed by atoms with Crippen molar-refractivity contribution in [3.63, 3.8) is 0 Å². The van der Waals surface area contributed by atoms with Gasteiger partial charge < -0.3 is 44.6 Å². The lowest BCUT2D eigenvalue weighted by Crippen LogP contribution is -2.36. The molecule has 12 nitrogen and oxygen atoms in total. The van der Waals surface area contributed by atoms with Gasteiger partial charge in [0.05, 0.1) is 18.8 Å². The molecule has 0 amide bonds. The van der Waals surface area contributed by atoms with Crippen LogP contribution >= 0.6 is 0 Å². The maximum Gasteiger partial charge on any atom is 0.302 e. The van der Waals surface area contributed by atoms with Gasteiger partial charge >= 0.3 is 5.97 Å². The molecule has 2 aromatic heterocycles. The van der Waals surface area contributed by atoms with Crippen LogP contribution in [0.2, 0.25) is 0 Å². The summed E-state index contributed by atoms with van der Waals surface area (Å²) >= 11 is 0. The van der Waals surface area contributed by atoms with E-state index in [2.05, 4.69) is 83.1 Å². The Bertz CT molecular complexity index is 2840. The number of carbonyl (C=O) groups is 3. The van der Waals surface area contributed by atoms with Gasteiger partial charge in [-0.15, -0.1) is 0 Å². The smallest absolute Gasteiger partial charge is 0.302 e. The largest absolute Gasteiger partial charge is 0.508 e. The third kappa shape index (κ3) is 10.3. The number of dihydropyridines is 1. The number of hydrogen-bond acceptors (Lipinski definition) is 10. The summed E-state index contributed by atoms with van der Waals surface area (Å²) in [5.74, 6) is 0.0349. The van der Waals surface area contributed by atoms with Gasteiger partial charge in [0.2, 0.25) is 5.75 Å². The minimum atomic E-state index is -0.695. The molecule has 2 aliphatic carbocycles. The highest BCUT2D eigenvalue weighted by Gasteiger charge is 2.37. The molecule has 5 N–H and O–H groups in total. The number of aromatic amines is 1. The summed E-state index contributed by atoms with van der Waals surface area (Å²) in [5, 5.41) is 38.1. The van der Waals surface area contributed by atoms with Crippen LogP contribution in [0.3, 0.4) is 0 Å². The van der Waals surface area contributed by atoms with Crippen molar-refractivity contribution >= 4 is 34.0 Å². The van der Waals surface area contributed by atoms with Crippen molar-refractivity contribution in [3.8, 4) is 23.0 Å².